The van der Waals surface area contributed by atoms with Gasteiger partial charge in [-0.25, -0.2) is 5.90 Å². The minimum atomic E-state index is 0.201. The van der Waals surface area contributed by atoms with Crippen LogP contribution in [0.4, 0.5) is 0 Å². The number of ether oxygens (including phenoxy) is 1. The molecule has 1 rings (SSSR count). The Balaban J connectivity index is 3.11. The van der Waals surface area contributed by atoms with Crippen LogP contribution in [0.2, 0.25) is 0 Å². The topological polar surface area (TPSA) is 64.7 Å². The van der Waals surface area contributed by atoms with Crippen molar-refractivity contribution in [1.82, 2.24) is 0 Å². The van der Waals surface area contributed by atoms with Crippen LogP contribution in [0.1, 0.15) is 16.7 Å². The molecule has 0 saturated heterocycles. The van der Waals surface area contributed by atoms with Crippen molar-refractivity contribution in [2.75, 3.05) is 13.7 Å². The van der Waals surface area contributed by atoms with Crippen LogP contribution in [0.5, 0.6) is 11.5 Å². The Morgan fingerprint density at radius 1 is 1.33 bits per heavy atom. The van der Waals surface area contributed by atoms with Gasteiger partial charge in [-0.15, -0.1) is 0 Å². The zero-order valence-electron chi connectivity index (χ0n) is 9.33. The number of hydrogen-bond acceptors (Lipinski definition) is 4. The first kappa shape index (κ1) is 11.8. The quantitative estimate of drug-likeness (QED) is 0.740. The summed E-state index contributed by atoms with van der Waals surface area (Å²) in [7, 11) is 1.53. The van der Waals surface area contributed by atoms with Gasteiger partial charge < -0.3 is 14.7 Å². The van der Waals surface area contributed by atoms with Crippen molar-refractivity contribution in [2.24, 2.45) is 5.90 Å². The second kappa shape index (κ2) is 5.00. The van der Waals surface area contributed by atoms with Gasteiger partial charge in [-0.3, -0.25) is 0 Å². The molecule has 0 amide bonds. The zero-order chi connectivity index (χ0) is 11.4. The third kappa shape index (κ3) is 2.40. The van der Waals surface area contributed by atoms with E-state index in [1.807, 2.05) is 19.9 Å². The lowest BCUT2D eigenvalue weighted by Crippen LogP contribution is -2.05. The van der Waals surface area contributed by atoms with Crippen LogP contribution in [-0.2, 0) is 11.3 Å². The predicted octanol–water partition coefficient (Wildman–Crippen LogP) is 1.45. The molecule has 1 aromatic carbocycles. The number of aromatic hydroxyl groups is 1. The molecule has 0 heterocycles. The van der Waals surface area contributed by atoms with Gasteiger partial charge in [0, 0.05) is 0 Å². The fourth-order valence-corrected chi connectivity index (χ4v) is 1.52. The second-order valence-electron chi connectivity index (χ2n) is 3.46. The van der Waals surface area contributed by atoms with Crippen LogP contribution in [0, 0.1) is 13.8 Å². The van der Waals surface area contributed by atoms with E-state index in [-0.39, 0.29) is 5.75 Å². The molecule has 0 aliphatic carbocycles. The van der Waals surface area contributed by atoms with E-state index in [1.165, 1.54) is 7.11 Å². The zero-order valence-corrected chi connectivity index (χ0v) is 9.33. The molecular formula is C11H17NO3. The van der Waals surface area contributed by atoms with Gasteiger partial charge in [-0.05, 0) is 43.0 Å². The molecular weight excluding hydrogens is 194 g/mol. The first-order chi connectivity index (χ1) is 7.11. The molecule has 1 aromatic rings. The lowest BCUT2D eigenvalue weighted by Gasteiger charge is -2.13. The lowest BCUT2D eigenvalue weighted by molar-refractivity contribution is 0.141. The standard InChI is InChI=1S/C11H17NO3/c1-7-8(2)11(13)10(14-3)6-9(7)4-5-15-12/h6,13H,4-5,12H2,1-3H3. The highest BCUT2D eigenvalue weighted by atomic mass is 16.6. The SMILES string of the molecule is COc1cc(CCON)c(C)c(C)c1O. The highest BCUT2D eigenvalue weighted by molar-refractivity contribution is 5.52. The molecule has 4 nitrogen and oxygen atoms in total. The molecule has 0 aliphatic rings. The Labute approximate surface area is 89.6 Å². The van der Waals surface area contributed by atoms with E-state index in [9.17, 15) is 5.11 Å². The number of phenols is 1. The van der Waals surface area contributed by atoms with E-state index < -0.39 is 0 Å². The second-order valence-corrected chi connectivity index (χ2v) is 3.46. The number of phenolic OH excluding ortho intramolecular Hbond substituents is 1. The maximum Gasteiger partial charge on any atom is 0.161 e. The summed E-state index contributed by atoms with van der Waals surface area (Å²) in [6, 6.07) is 1.82. The Morgan fingerprint density at radius 2 is 2.00 bits per heavy atom. The van der Waals surface area contributed by atoms with Crippen molar-refractivity contribution < 1.29 is 14.7 Å². The van der Waals surface area contributed by atoms with Gasteiger partial charge in [0.25, 0.3) is 0 Å². The molecule has 15 heavy (non-hydrogen) atoms. The highest BCUT2D eigenvalue weighted by Crippen LogP contribution is 2.34. The molecule has 0 aromatic heterocycles. The Bertz CT molecular complexity index is 350. The number of nitrogens with two attached hydrogens (primary N) is 1. The number of methoxy groups -OCH3 is 1. The van der Waals surface area contributed by atoms with E-state index in [4.69, 9.17) is 10.6 Å². The van der Waals surface area contributed by atoms with E-state index in [0.29, 0.717) is 18.8 Å². The molecule has 0 saturated carbocycles. The Morgan fingerprint density at radius 3 is 2.53 bits per heavy atom. The monoisotopic (exact) mass is 211 g/mol. The maximum absolute atomic E-state index is 9.75. The summed E-state index contributed by atoms with van der Waals surface area (Å²) >= 11 is 0. The minimum absolute atomic E-state index is 0.201. The largest absolute Gasteiger partial charge is 0.504 e. The average Bonchev–Trinajstić information content (AvgIpc) is 2.25. The first-order valence-corrected chi connectivity index (χ1v) is 4.79. The molecule has 0 unspecified atom stereocenters. The smallest absolute Gasteiger partial charge is 0.161 e. The van der Waals surface area contributed by atoms with Crippen LogP contribution in [-0.4, -0.2) is 18.8 Å². The predicted molar refractivity (Wildman–Crippen MR) is 58.0 cm³/mol. The van der Waals surface area contributed by atoms with Crippen LogP contribution in [0.15, 0.2) is 6.07 Å². The highest BCUT2D eigenvalue weighted by Gasteiger charge is 2.11. The summed E-state index contributed by atoms with van der Waals surface area (Å²) in [5.41, 5.74) is 2.96. The first-order valence-electron chi connectivity index (χ1n) is 4.79. The van der Waals surface area contributed by atoms with Crippen LogP contribution < -0.4 is 10.6 Å². The molecule has 84 valence electrons. The van der Waals surface area contributed by atoms with Crippen LogP contribution >= 0.6 is 0 Å². The van der Waals surface area contributed by atoms with E-state index in [2.05, 4.69) is 4.84 Å². The van der Waals surface area contributed by atoms with Crippen molar-refractivity contribution in [3.05, 3.63) is 22.8 Å². The van der Waals surface area contributed by atoms with Crippen LogP contribution in [0.25, 0.3) is 0 Å². The Hall–Kier alpha value is -1.26. The van der Waals surface area contributed by atoms with Gasteiger partial charge in [-0.1, -0.05) is 0 Å². The molecule has 0 fully saturated rings. The number of benzene rings is 1. The van der Waals surface area contributed by atoms with Gasteiger partial charge in [0.15, 0.2) is 11.5 Å². The summed E-state index contributed by atoms with van der Waals surface area (Å²) < 4.78 is 5.08. The molecule has 0 aliphatic heterocycles. The van der Waals surface area contributed by atoms with Crippen molar-refractivity contribution in [2.45, 2.75) is 20.3 Å². The lowest BCUT2D eigenvalue weighted by atomic mass is 9.99. The van der Waals surface area contributed by atoms with E-state index in [1.54, 1.807) is 0 Å². The summed E-state index contributed by atoms with van der Waals surface area (Å²) in [5, 5.41) is 9.75. The average molecular weight is 211 g/mol. The summed E-state index contributed by atoms with van der Waals surface area (Å²) in [6.07, 6.45) is 0.708. The van der Waals surface area contributed by atoms with Gasteiger partial charge in [0.05, 0.1) is 13.7 Å². The normalized spacial score (nSPS) is 10.4. The molecule has 0 radical (unpaired) electrons. The number of hydrogen-bond donors (Lipinski definition) is 2. The van der Waals surface area contributed by atoms with Crippen molar-refractivity contribution >= 4 is 0 Å². The Kier molecular flexibility index (Phi) is 3.94. The molecule has 0 bridgehead atoms. The molecule has 0 atom stereocenters. The summed E-state index contributed by atoms with van der Waals surface area (Å²) in [5.74, 6) is 5.68. The van der Waals surface area contributed by atoms with Crippen LogP contribution in [0.3, 0.4) is 0 Å². The fraction of sp³-hybridized carbons (Fsp3) is 0.455. The fourth-order valence-electron chi connectivity index (χ4n) is 1.52. The van der Waals surface area contributed by atoms with Gasteiger partial charge in [0.2, 0.25) is 0 Å². The van der Waals surface area contributed by atoms with E-state index in [0.717, 1.165) is 16.7 Å². The third-order valence-corrected chi connectivity index (χ3v) is 2.65. The van der Waals surface area contributed by atoms with Gasteiger partial charge in [-0.2, -0.15) is 0 Å². The van der Waals surface area contributed by atoms with E-state index >= 15 is 0 Å². The van der Waals surface area contributed by atoms with Crippen molar-refractivity contribution in [1.29, 1.82) is 0 Å². The third-order valence-electron chi connectivity index (χ3n) is 2.65. The van der Waals surface area contributed by atoms with Gasteiger partial charge >= 0.3 is 0 Å². The maximum atomic E-state index is 9.75. The van der Waals surface area contributed by atoms with Crippen molar-refractivity contribution in [3.63, 3.8) is 0 Å². The minimum Gasteiger partial charge on any atom is -0.504 e. The van der Waals surface area contributed by atoms with Crippen molar-refractivity contribution in [3.8, 4) is 11.5 Å². The number of rotatable bonds is 4. The summed E-state index contributed by atoms with van der Waals surface area (Å²) in [4.78, 5) is 4.54. The molecule has 0 spiro atoms. The molecule has 4 heteroatoms. The molecule has 3 N–H and O–H groups in total. The van der Waals surface area contributed by atoms with Gasteiger partial charge in [0.1, 0.15) is 0 Å². The summed E-state index contributed by atoms with van der Waals surface area (Å²) in [6.45, 7) is 4.27.